The van der Waals surface area contributed by atoms with Gasteiger partial charge in [0.25, 0.3) is 0 Å². The molecular weight excluding hydrogens is 288 g/mol. The molecule has 2 unspecified atom stereocenters. The van der Waals surface area contributed by atoms with Crippen molar-refractivity contribution in [2.45, 2.75) is 26.7 Å². The minimum absolute atomic E-state index is 0.440. The summed E-state index contributed by atoms with van der Waals surface area (Å²) in [7, 11) is 1.65. The van der Waals surface area contributed by atoms with Crippen LogP contribution in [0.4, 0.5) is 5.69 Å². The molecule has 5 nitrogen and oxygen atoms in total. The number of nitrogens with two attached hydrogens (primary N) is 1. The van der Waals surface area contributed by atoms with Crippen LogP contribution in [0.2, 0.25) is 0 Å². The average Bonchev–Trinajstić information content (AvgIpc) is 2.51. The van der Waals surface area contributed by atoms with Crippen LogP contribution in [0.15, 0.2) is 29.3 Å². The van der Waals surface area contributed by atoms with Crippen molar-refractivity contribution in [1.29, 1.82) is 0 Å². The molecule has 2 atom stereocenters. The lowest BCUT2D eigenvalue weighted by Crippen LogP contribution is -2.39. The quantitative estimate of drug-likeness (QED) is 0.481. The molecule has 0 aliphatic carbocycles. The minimum atomic E-state index is 0.440. The van der Waals surface area contributed by atoms with Crippen LogP contribution >= 0.6 is 0 Å². The third-order valence-electron chi connectivity index (χ3n) is 4.23. The van der Waals surface area contributed by atoms with Gasteiger partial charge in [-0.1, -0.05) is 26.0 Å². The largest absolute Gasteiger partial charge is 0.495 e. The first kappa shape index (κ1) is 17.6. The maximum absolute atomic E-state index is 5.96. The van der Waals surface area contributed by atoms with Crippen LogP contribution < -0.4 is 15.8 Å². The van der Waals surface area contributed by atoms with Crippen LogP contribution in [-0.4, -0.2) is 44.1 Å². The molecule has 5 heteroatoms. The van der Waals surface area contributed by atoms with Gasteiger partial charge in [0.05, 0.1) is 12.8 Å². The van der Waals surface area contributed by atoms with Crippen molar-refractivity contribution in [2.75, 3.05) is 38.6 Å². The Balaban J connectivity index is 1.74. The predicted octanol–water partition coefficient (Wildman–Crippen LogP) is 2.79. The Hall–Kier alpha value is -1.75. The third-order valence-corrected chi connectivity index (χ3v) is 4.23. The summed E-state index contributed by atoms with van der Waals surface area (Å²) in [6.45, 7) is 8.95. The van der Waals surface area contributed by atoms with Crippen LogP contribution in [-0.2, 0) is 0 Å². The van der Waals surface area contributed by atoms with Gasteiger partial charge in [0.1, 0.15) is 5.75 Å². The molecule has 1 aromatic rings. The summed E-state index contributed by atoms with van der Waals surface area (Å²) in [5.74, 6) is 2.82. The molecule has 0 bridgehead atoms. The fourth-order valence-electron chi connectivity index (χ4n) is 3.39. The zero-order valence-corrected chi connectivity index (χ0v) is 14.6. The minimum Gasteiger partial charge on any atom is -0.495 e. The van der Waals surface area contributed by atoms with E-state index < -0.39 is 0 Å². The maximum Gasteiger partial charge on any atom is 0.193 e. The highest BCUT2D eigenvalue weighted by Gasteiger charge is 2.20. The molecule has 1 saturated heterocycles. The van der Waals surface area contributed by atoms with E-state index in [1.807, 2.05) is 24.3 Å². The van der Waals surface area contributed by atoms with Gasteiger partial charge >= 0.3 is 0 Å². The molecule has 128 valence electrons. The number of aliphatic imine (C=N–C) groups is 1. The molecule has 1 heterocycles. The number of likely N-dealkylation sites (tertiary alicyclic amines) is 1. The monoisotopic (exact) mass is 318 g/mol. The molecule has 1 fully saturated rings. The van der Waals surface area contributed by atoms with Crippen molar-refractivity contribution in [3.05, 3.63) is 24.3 Å². The van der Waals surface area contributed by atoms with Gasteiger partial charge < -0.3 is 20.7 Å². The standard InChI is InChI=1S/C18H30N4O/c1-14-11-15(2)13-22(12-14)10-6-9-20-18(19)21-16-7-4-5-8-17(16)23-3/h4-5,7-8,14-15H,6,9-13H2,1-3H3,(H3,19,20,21). The van der Waals surface area contributed by atoms with E-state index in [-0.39, 0.29) is 0 Å². The van der Waals surface area contributed by atoms with Crippen molar-refractivity contribution in [3.63, 3.8) is 0 Å². The van der Waals surface area contributed by atoms with E-state index in [4.69, 9.17) is 10.5 Å². The number of methoxy groups -OCH3 is 1. The van der Waals surface area contributed by atoms with Crippen molar-refractivity contribution in [2.24, 2.45) is 22.6 Å². The van der Waals surface area contributed by atoms with Crippen LogP contribution in [0.5, 0.6) is 5.75 Å². The molecule has 0 spiro atoms. The second kappa shape index (κ2) is 8.77. The van der Waals surface area contributed by atoms with Crippen molar-refractivity contribution >= 4 is 11.6 Å². The molecular formula is C18H30N4O. The molecule has 23 heavy (non-hydrogen) atoms. The summed E-state index contributed by atoms with van der Waals surface area (Å²) in [4.78, 5) is 6.97. The van der Waals surface area contributed by atoms with Gasteiger partial charge in [0.2, 0.25) is 0 Å². The normalized spacial score (nSPS) is 22.8. The highest BCUT2D eigenvalue weighted by Crippen LogP contribution is 2.22. The zero-order chi connectivity index (χ0) is 16.7. The lowest BCUT2D eigenvalue weighted by molar-refractivity contribution is 0.140. The predicted molar refractivity (Wildman–Crippen MR) is 97.1 cm³/mol. The summed E-state index contributed by atoms with van der Waals surface area (Å²) < 4.78 is 5.29. The molecule has 0 aromatic heterocycles. The maximum atomic E-state index is 5.96. The van der Waals surface area contributed by atoms with Gasteiger partial charge in [-0.05, 0) is 43.4 Å². The average molecular weight is 318 g/mol. The number of para-hydroxylation sites is 2. The first-order valence-corrected chi connectivity index (χ1v) is 8.50. The number of rotatable bonds is 6. The van der Waals surface area contributed by atoms with E-state index in [2.05, 4.69) is 29.1 Å². The van der Waals surface area contributed by atoms with E-state index >= 15 is 0 Å². The van der Waals surface area contributed by atoms with Crippen molar-refractivity contribution in [1.82, 2.24) is 4.90 Å². The molecule has 3 N–H and O–H groups in total. The fraction of sp³-hybridized carbons (Fsp3) is 0.611. The number of hydrogen-bond donors (Lipinski definition) is 2. The Morgan fingerprint density at radius 3 is 2.70 bits per heavy atom. The number of benzene rings is 1. The summed E-state index contributed by atoms with van der Waals surface area (Å²) in [5.41, 5.74) is 6.80. The van der Waals surface area contributed by atoms with Crippen molar-refractivity contribution < 1.29 is 4.74 Å². The second-order valence-corrected chi connectivity index (χ2v) is 6.65. The molecule has 1 aromatic carbocycles. The molecule has 0 radical (unpaired) electrons. The van der Waals surface area contributed by atoms with Crippen LogP contribution in [0.3, 0.4) is 0 Å². The number of hydrogen-bond acceptors (Lipinski definition) is 3. The second-order valence-electron chi connectivity index (χ2n) is 6.65. The summed E-state index contributed by atoms with van der Waals surface area (Å²) >= 11 is 0. The van der Waals surface area contributed by atoms with Gasteiger partial charge in [-0.3, -0.25) is 4.99 Å². The van der Waals surface area contributed by atoms with E-state index in [0.29, 0.717) is 5.96 Å². The summed E-state index contributed by atoms with van der Waals surface area (Å²) in [6, 6.07) is 7.70. The topological polar surface area (TPSA) is 62.9 Å². The molecule has 0 saturated carbocycles. The number of nitrogens with one attached hydrogen (secondary N) is 1. The molecule has 0 amide bonds. The van der Waals surface area contributed by atoms with Gasteiger partial charge in [-0.15, -0.1) is 0 Å². The Labute approximate surface area is 139 Å². The first-order chi connectivity index (χ1) is 11.1. The SMILES string of the molecule is COc1ccccc1NC(N)=NCCCN1CC(C)CC(C)C1. The molecule has 1 aliphatic heterocycles. The highest BCUT2D eigenvalue weighted by molar-refractivity contribution is 5.93. The lowest BCUT2D eigenvalue weighted by Gasteiger charge is -2.34. The highest BCUT2D eigenvalue weighted by atomic mass is 16.5. The zero-order valence-electron chi connectivity index (χ0n) is 14.6. The smallest absolute Gasteiger partial charge is 0.193 e. The number of piperidine rings is 1. The molecule has 2 rings (SSSR count). The Morgan fingerprint density at radius 2 is 2.00 bits per heavy atom. The van der Waals surface area contributed by atoms with Gasteiger partial charge in [0.15, 0.2) is 5.96 Å². The fourth-order valence-corrected chi connectivity index (χ4v) is 3.39. The Bertz CT molecular complexity index is 507. The number of guanidine groups is 1. The third kappa shape index (κ3) is 5.75. The van der Waals surface area contributed by atoms with E-state index in [0.717, 1.165) is 42.8 Å². The number of anilines is 1. The van der Waals surface area contributed by atoms with Crippen LogP contribution in [0, 0.1) is 11.8 Å². The van der Waals surface area contributed by atoms with E-state index in [9.17, 15) is 0 Å². The summed E-state index contributed by atoms with van der Waals surface area (Å²) in [6.07, 6.45) is 2.39. The number of nitrogens with zero attached hydrogens (tertiary/aromatic N) is 2. The van der Waals surface area contributed by atoms with Gasteiger partial charge in [0, 0.05) is 19.6 Å². The first-order valence-electron chi connectivity index (χ1n) is 8.50. The van der Waals surface area contributed by atoms with Crippen LogP contribution in [0.25, 0.3) is 0 Å². The van der Waals surface area contributed by atoms with Gasteiger partial charge in [-0.25, -0.2) is 0 Å². The van der Waals surface area contributed by atoms with Crippen LogP contribution in [0.1, 0.15) is 26.7 Å². The lowest BCUT2D eigenvalue weighted by atomic mass is 9.92. The van der Waals surface area contributed by atoms with Crippen molar-refractivity contribution in [3.8, 4) is 5.75 Å². The Morgan fingerprint density at radius 1 is 1.30 bits per heavy atom. The van der Waals surface area contributed by atoms with E-state index in [1.165, 1.54) is 19.5 Å². The van der Waals surface area contributed by atoms with E-state index in [1.54, 1.807) is 7.11 Å². The summed E-state index contributed by atoms with van der Waals surface area (Å²) in [5, 5.41) is 3.10. The van der Waals surface area contributed by atoms with Gasteiger partial charge in [-0.2, -0.15) is 0 Å². The number of ether oxygens (including phenoxy) is 1. The Kier molecular flexibility index (Phi) is 6.71. The molecule has 1 aliphatic rings.